The molecule has 0 radical (unpaired) electrons. The van der Waals surface area contributed by atoms with Crippen molar-refractivity contribution in [3.8, 4) is 5.75 Å². The van der Waals surface area contributed by atoms with Crippen molar-refractivity contribution >= 4 is 11.9 Å². The molecule has 104 valence electrons. The Balaban J connectivity index is 2.20. The third kappa shape index (κ3) is 6.60. The average molecular weight is 264 g/mol. The summed E-state index contributed by atoms with van der Waals surface area (Å²) in [4.78, 5) is 22.6. The van der Waals surface area contributed by atoms with E-state index in [1.807, 2.05) is 25.1 Å². The lowest BCUT2D eigenvalue weighted by atomic mass is 10.2. The number of rotatable bonds is 7. The largest absolute Gasteiger partial charge is 0.466 e. The van der Waals surface area contributed by atoms with E-state index in [2.05, 4.69) is 0 Å². The number of esters is 2. The van der Waals surface area contributed by atoms with Crippen LogP contribution in [0.4, 0.5) is 0 Å². The molecule has 1 rings (SSSR count). The first-order valence-corrected chi connectivity index (χ1v) is 6.54. The van der Waals surface area contributed by atoms with Crippen molar-refractivity contribution in [2.24, 2.45) is 0 Å². The van der Waals surface area contributed by atoms with Gasteiger partial charge >= 0.3 is 11.9 Å². The molecule has 4 nitrogen and oxygen atoms in total. The Hall–Kier alpha value is -1.84. The summed E-state index contributed by atoms with van der Waals surface area (Å²) in [5.41, 5.74) is 1.05. The number of carbonyl (C=O) groups is 2. The molecule has 0 atom stereocenters. The van der Waals surface area contributed by atoms with Crippen LogP contribution in [0.15, 0.2) is 24.3 Å². The molecule has 0 aromatic heterocycles. The Morgan fingerprint density at radius 1 is 1.11 bits per heavy atom. The zero-order chi connectivity index (χ0) is 14.1. The van der Waals surface area contributed by atoms with E-state index >= 15 is 0 Å². The molecule has 0 spiro atoms. The summed E-state index contributed by atoms with van der Waals surface area (Å²) in [6, 6.07) is 7.36. The van der Waals surface area contributed by atoms with Gasteiger partial charge in [-0.15, -0.1) is 0 Å². The molecule has 0 saturated heterocycles. The summed E-state index contributed by atoms with van der Waals surface area (Å²) in [7, 11) is 0. The Morgan fingerprint density at radius 2 is 1.79 bits per heavy atom. The van der Waals surface area contributed by atoms with Crippen LogP contribution in [-0.4, -0.2) is 18.5 Å². The average Bonchev–Trinajstić information content (AvgIpc) is 2.35. The Kier molecular flexibility index (Phi) is 6.64. The molecule has 1 aromatic rings. The predicted molar refractivity (Wildman–Crippen MR) is 71.9 cm³/mol. The zero-order valence-corrected chi connectivity index (χ0v) is 11.5. The molecule has 0 aliphatic heterocycles. The number of hydrogen-bond acceptors (Lipinski definition) is 4. The zero-order valence-electron chi connectivity index (χ0n) is 11.5. The predicted octanol–water partition coefficient (Wildman–Crippen LogP) is 3.02. The lowest BCUT2D eigenvalue weighted by Gasteiger charge is -2.05. The van der Waals surface area contributed by atoms with Crippen molar-refractivity contribution in [1.82, 2.24) is 0 Å². The van der Waals surface area contributed by atoms with E-state index in [1.54, 1.807) is 13.0 Å². The van der Waals surface area contributed by atoms with Gasteiger partial charge in [-0.1, -0.05) is 12.1 Å². The molecule has 1 aromatic carbocycles. The topological polar surface area (TPSA) is 52.6 Å². The summed E-state index contributed by atoms with van der Waals surface area (Å²) in [6.07, 6.45) is 1.93. The van der Waals surface area contributed by atoms with Crippen LogP contribution < -0.4 is 4.74 Å². The second-order valence-electron chi connectivity index (χ2n) is 4.30. The van der Waals surface area contributed by atoms with E-state index in [0.717, 1.165) is 5.56 Å². The van der Waals surface area contributed by atoms with Crippen LogP contribution in [0.3, 0.4) is 0 Å². The molecule has 4 heteroatoms. The maximum absolute atomic E-state index is 11.6. The number of carbonyl (C=O) groups excluding carboxylic acids is 2. The fourth-order valence-corrected chi connectivity index (χ4v) is 1.63. The molecule has 19 heavy (non-hydrogen) atoms. The van der Waals surface area contributed by atoms with Crippen molar-refractivity contribution in [2.45, 2.75) is 39.5 Å². The highest BCUT2D eigenvalue weighted by Crippen LogP contribution is 2.13. The second-order valence-corrected chi connectivity index (χ2v) is 4.30. The third-order valence-electron chi connectivity index (χ3n) is 2.54. The van der Waals surface area contributed by atoms with E-state index in [-0.39, 0.29) is 11.9 Å². The monoisotopic (exact) mass is 264 g/mol. The lowest BCUT2D eigenvalue weighted by Crippen LogP contribution is -2.08. The number of ether oxygens (including phenoxy) is 2. The smallest absolute Gasteiger partial charge is 0.311 e. The standard InChI is InChI=1S/C15H20O4/c1-3-18-14(16)9-4-5-10-15(17)19-13-8-6-7-12(2)11-13/h6-8,11H,3-5,9-10H2,1-2H3. The van der Waals surface area contributed by atoms with Gasteiger partial charge in [0.25, 0.3) is 0 Å². The van der Waals surface area contributed by atoms with Gasteiger partial charge in [-0.05, 0) is 44.4 Å². The number of aryl methyl sites for hydroxylation is 1. The number of hydrogen-bond donors (Lipinski definition) is 0. The molecule has 0 aliphatic carbocycles. The van der Waals surface area contributed by atoms with Crippen molar-refractivity contribution in [2.75, 3.05) is 6.61 Å². The number of benzene rings is 1. The summed E-state index contributed by atoms with van der Waals surface area (Å²) in [5.74, 6) is 0.0828. The van der Waals surface area contributed by atoms with Gasteiger partial charge in [-0.25, -0.2) is 0 Å². The highest BCUT2D eigenvalue weighted by molar-refractivity contribution is 5.72. The van der Waals surface area contributed by atoms with Gasteiger partial charge in [0.15, 0.2) is 0 Å². The SMILES string of the molecule is CCOC(=O)CCCCC(=O)Oc1cccc(C)c1. The minimum Gasteiger partial charge on any atom is -0.466 e. The van der Waals surface area contributed by atoms with Crippen LogP contribution in [-0.2, 0) is 14.3 Å². The molecule has 0 amide bonds. The molecule has 0 N–H and O–H groups in total. The van der Waals surface area contributed by atoms with Gasteiger partial charge in [0.05, 0.1) is 6.61 Å². The van der Waals surface area contributed by atoms with E-state index in [0.29, 0.717) is 38.0 Å². The van der Waals surface area contributed by atoms with Gasteiger partial charge in [0, 0.05) is 12.8 Å². The third-order valence-corrected chi connectivity index (χ3v) is 2.54. The van der Waals surface area contributed by atoms with Gasteiger partial charge in [0.2, 0.25) is 0 Å². The van der Waals surface area contributed by atoms with E-state index in [1.165, 1.54) is 0 Å². The van der Waals surface area contributed by atoms with Crippen LogP contribution in [0.2, 0.25) is 0 Å². The molecule has 0 fully saturated rings. The van der Waals surface area contributed by atoms with Gasteiger partial charge in [0.1, 0.15) is 5.75 Å². The van der Waals surface area contributed by atoms with E-state index < -0.39 is 0 Å². The van der Waals surface area contributed by atoms with Crippen LogP contribution in [0.25, 0.3) is 0 Å². The maximum atomic E-state index is 11.6. The van der Waals surface area contributed by atoms with Crippen molar-refractivity contribution < 1.29 is 19.1 Å². The Morgan fingerprint density at radius 3 is 2.42 bits per heavy atom. The van der Waals surface area contributed by atoms with Gasteiger partial charge < -0.3 is 9.47 Å². The van der Waals surface area contributed by atoms with Crippen molar-refractivity contribution in [1.29, 1.82) is 0 Å². The molecular formula is C15H20O4. The number of unbranched alkanes of at least 4 members (excludes halogenated alkanes) is 1. The molecule has 0 aliphatic rings. The molecule has 0 unspecified atom stereocenters. The van der Waals surface area contributed by atoms with Crippen molar-refractivity contribution in [3.63, 3.8) is 0 Å². The molecule has 0 heterocycles. The molecule has 0 saturated carbocycles. The minimum absolute atomic E-state index is 0.213. The Bertz CT molecular complexity index is 426. The first-order chi connectivity index (χ1) is 9.11. The van der Waals surface area contributed by atoms with Crippen LogP contribution in [0, 0.1) is 6.92 Å². The summed E-state index contributed by atoms with van der Waals surface area (Å²) >= 11 is 0. The van der Waals surface area contributed by atoms with Gasteiger partial charge in [-0.2, -0.15) is 0 Å². The lowest BCUT2D eigenvalue weighted by molar-refractivity contribution is -0.143. The maximum Gasteiger partial charge on any atom is 0.311 e. The summed E-state index contributed by atoms with van der Waals surface area (Å²) in [6.45, 7) is 4.11. The van der Waals surface area contributed by atoms with E-state index in [9.17, 15) is 9.59 Å². The first-order valence-electron chi connectivity index (χ1n) is 6.54. The van der Waals surface area contributed by atoms with Crippen LogP contribution in [0.1, 0.15) is 38.2 Å². The highest BCUT2D eigenvalue weighted by Gasteiger charge is 2.06. The van der Waals surface area contributed by atoms with Crippen molar-refractivity contribution in [3.05, 3.63) is 29.8 Å². The summed E-state index contributed by atoms with van der Waals surface area (Å²) in [5, 5.41) is 0. The quantitative estimate of drug-likeness (QED) is 0.431. The highest BCUT2D eigenvalue weighted by atomic mass is 16.5. The van der Waals surface area contributed by atoms with E-state index in [4.69, 9.17) is 9.47 Å². The Labute approximate surface area is 113 Å². The van der Waals surface area contributed by atoms with Gasteiger partial charge in [-0.3, -0.25) is 9.59 Å². The summed E-state index contributed by atoms with van der Waals surface area (Å²) < 4.78 is 10.00. The van der Waals surface area contributed by atoms with Crippen LogP contribution in [0.5, 0.6) is 5.75 Å². The first kappa shape index (κ1) is 15.2. The fourth-order valence-electron chi connectivity index (χ4n) is 1.63. The fraction of sp³-hybridized carbons (Fsp3) is 0.467. The normalized spacial score (nSPS) is 10.0. The minimum atomic E-state index is -0.269. The van der Waals surface area contributed by atoms with Crippen LogP contribution >= 0.6 is 0 Å². The second kappa shape index (κ2) is 8.29. The molecular weight excluding hydrogens is 244 g/mol. The molecule has 0 bridgehead atoms.